The maximum atomic E-state index is 0. The summed E-state index contributed by atoms with van der Waals surface area (Å²) >= 11 is 0. The van der Waals surface area contributed by atoms with Gasteiger partial charge >= 0.3 is 51.9 Å². The molecule has 0 radical (unpaired) electrons. The fourth-order valence-electron chi connectivity index (χ4n) is 0. The molecule has 0 aromatic heterocycles. The molecule has 0 saturated carbocycles. The third-order valence-corrected chi connectivity index (χ3v) is 0. The molecule has 0 aromatic carbocycles. The van der Waals surface area contributed by atoms with Crippen molar-refractivity contribution in [1.82, 2.24) is 0 Å². The minimum atomic E-state index is 0. The molecule has 0 N–H and O–H groups in total. The van der Waals surface area contributed by atoms with Crippen molar-refractivity contribution in [2.75, 3.05) is 0 Å². The monoisotopic (exact) mass is 506 g/mol. The van der Waals surface area contributed by atoms with Crippen LogP contribution in [-0.2, 0) is 22.4 Å². The molecule has 0 fully saturated rings. The van der Waals surface area contributed by atoms with Gasteiger partial charge in [-0.2, -0.15) is 0 Å². The van der Waals surface area contributed by atoms with E-state index in [0.29, 0.717) is 0 Å². The Bertz CT molecular complexity index is 6.85. The molecule has 0 saturated heterocycles. The van der Waals surface area contributed by atoms with Crippen LogP contribution in [0.5, 0.6) is 0 Å². The van der Waals surface area contributed by atoms with Gasteiger partial charge < -0.3 is 71.0 Å². The molecule has 0 amide bonds. The molecule has 0 spiro atoms. The van der Waals surface area contributed by atoms with E-state index >= 15 is 0 Å². The van der Waals surface area contributed by atoms with E-state index in [9.17, 15) is 0 Å². The Labute approximate surface area is 120 Å². The van der Waals surface area contributed by atoms with Crippen molar-refractivity contribution in [2.24, 2.45) is 0 Å². The Balaban J connectivity index is 0. The molecule has 0 aliphatic carbocycles. The minimum Gasteiger partial charge on any atom is -2.00 e. The molecule has 0 bridgehead atoms. The predicted molar refractivity (Wildman–Crippen MR) is 17.3 cm³/mol. The van der Waals surface area contributed by atoms with Crippen molar-refractivity contribution >= 4 is 71.0 Å². The van der Waals surface area contributed by atoms with Gasteiger partial charge in [0.15, 0.2) is 0 Å². The molecule has 0 rings (SSSR count). The molecule has 5 heteroatoms. The molecule has 0 nitrogen and oxygen atoms in total. The van der Waals surface area contributed by atoms with E-state index in [1.54, 1.807) is 0 Å². The van der Waals surface area contributed by atoms with Gasteiger partial charge in [-0.05, 0) is 0 Å². The van der Waals surface area contributed by atoms with Gasteiger partial charge in [0.05, 0.1) is 0 Å². The second kappa shape index (κ2) is 24.3. The van der Waals surface area contributed by atoms with E-state index in [1.807, 2.05) is 0 Å². The summed E-state index contributed by atoms with van der Waals surface area (Å²) in [6.07, 6.45) is 0. The first kappa shape index (κ1) is 35.5. The van der Waals surface area contributed by atoms with Gasteiger partial charge in [-0.15, -0.1) is 0 Å². The van der Waals surface area contributed by atoms with Crippen LogP contribution in [0.4, 0.5) is 0 Å². The van der Waals surface area contributed by atoms with E-state index in [4.69, 9.17) is 0 Å². The van der Waals surface area contributed by atoms with Crippen LogP contribution in [0.15, 0.2) is 0 Å². The minimum absolute atomic E-state index is 0. The molecule has 0 atom stereocenters. The Morgan fingerprint density at radius 3 is 0.600 bits per heavy atom. The maximum Gasteiger partial charge on any atom is 5.00 e. The van der Waals surface area contributed by atoms with Crippen molar-refractivity contribution in [3.63, 3.8) is 0 Å². The third kappa shape index (κ3) is 17.9. The molecular formula is NaNbTe3. The van der Waals surface area contributed by atoms with E-state index in [0.717, 1.165) is 0 Å². The first-order valence-electron chi connectivity index (χ1n) is 0. The van der Waals surface area contributed by atoms with Gasteiger partial charge in [0.2, 0.25) is 0 Å². The van der Waals surface area contributed by atoms with E-state index < -0.39 is 0 Å². The van der Waals surface area contributed by atoms with Gasteiger partial charge in [0.1, 0.15) is 0 Å². The smallest absolute Gasteiger partial charge is 2.00 e. The van der Waals surface area contributed by atoms with Crippen LogP contribution >= 0.6 is 0 Å². The number of hydrogen-bond donors (Lipinski definition) is 0. The van der Waals surface area contributed by atoms with Gasteiger partial charge in [-0.25, -0.2) is 0 Å². The van der Waals surface area contributed by atoms with Crippen LogP contribution in [0.3, 0.4) is 0 Å². The van der Waals surface area contributed by atoms with Gasteiger partial charge in [0, 0.05) is 0 Å². The van der Waals surface area contributed by atoms with Crippen LogP contribution in [0.25, 0.3) is 0 Å². The molecule has 0 aliphatic rings. The molecule has 0 aromatic rings. The van der Waals surface area contributed by atoms with E-state index in [2.05, 4.69) is 0 Å². The standard InChI is InChI=1S/Na.Nb.3Te/q+1;+5;3*-2. The zero-order valence-electron chi connectivity index (χ0n) is 2.67. The summed E-state index contributed by atoms with van der Waals surface area (Å²) < 4.78 is 0. The van der Waals surface area contributed by atoms with Crippen LogP contribution in [0.1, 0.15) is 0 Å². The summed E-state index contributed by atoms with van der Waals surface area (Å²) in [5, 5.41) is 0. The van der Waals surface area contributed by atoms with Crippen molar-refractivity contribution < 1.29 is 51.9 Å². The zero-order valence-corrected chi connectivity index (χ0v) is 13.9. The first-order valence-corrected chi connectivity index (χ1v) is 0. The Morgan fingerprint density at radius 1 is 0.600 bits per heavy atom. The topological polar surface area (TPSA) is 0 Å². The Hall–Kier alpha value is 4.11. The summed E-state index contributed by atoms with van der Waals surface area (Å²) in [5.74, 6) is 0. The van der Waals surface area contributed by atoms with Crippen LogP contribution in [-0.4, -0.2) is 71.0 Å². The number of hydrogen-bond acceptors (Lipinski definition) is 0. The van der Waals surface area contributed by atoms with E-state index in [-0.39, 0.29) is 123 Å². The average Bonchev–Trinajstić information content (AvgIpc) is 0. The normalized spacial score (nSPS) is 0. The van der Waals surface area contributed by atoms with Gasteiger partial charge in [-0.1, -0.05) is 0 Å². The van der Waals surface area contributed by atoms with Gasteiger partial charge in [0.25, 0.3) is 0 Å². The molecule has 5 heavy (non-hydrogen) atoms. The van der Waals surface area contributed by atoms with Crippen LogP contribution < -0.4 is 29.6 Å². The quantitative estimate of drug-likeness (QED) is 0.298. The van der Waals surface area contributed by atoms with Crippen molar-refractivity contribution in [3.05, 3.63) is 0 Å². The summed E-state index contributed by atoms with van der Waals surface area (Å²) in [6, 6.07) is 0. The van der Waals surface area contributed by atoms with E-state index in [1.165, 1.54) is 0 Å². The Morgan fingerprint density at radius 2 is 0.600 bits per heavy atom. The van der Waals surface area contributed by atoms with Crippen molar-refractivity contribution in [2.45, 2.75) is 0 Å². The summed E-state index contributed by atoms with van der Waals surface area (Å²) in [5.41, 5.74) is 0. The van der Waals surface area contributed by atoms with Crippen LogP contribution in [0.2, 0.25) is 0 Å². The SMILES string of the molecule is [Na+].[Nb+5].[Te-2].[Te-2].[Te-2]. The molecule has 24 valence electrons. The van der Waals surface area contributed by atoms with Crippen LogP contribution in [0, 0.1) is 0 Å². The Kier molecular flexibility index (Phi) is 172. The van der Waals surface area contributed by atoms with Crippen molar-refractivity contribution in [3.8, 4) is 0 Å². The average molecular weight is 499 g/mol. The summed E-state index contributed by atoms with van der Waals surface area (Å²) in [6.45, 7) is 0. The fourth-order valence-corrected chi connectivity index (χ4v) is 0. The molecular weight excluding hydrogens is 499 g/mol. The first-order chi connectivity index (χ1) is 0. The summed E-state index contributed by atoms with van der Waals surface area (Å²) in [4.78, 5) is 0. The third-order valence-electron chi connectivity index (χ3n) is 0. The second-order valence-corrected chi connectivity index (χ2v) is 0. The zero-order chi connectivity index (χ0) is 0. The molecule has 0 aliphatic heterocycles. The largest absolute Gasteiger partial charge is 5.00 e. The second-order valence-electron chi connectivity index (χ2n) is 0. The van der Waals surface area contributed by atoms with Gasteiger partial charge in [-0.3, -0.25) is 0 Å². The molecule has 0 unspecified atom stereocenters. The maximum absolute atomic E-state index is 0. The fraction of sp³-hybridized carbons (Fsp3) is 0. The molecule has 0 heterocycles. The number of rotatable bonds is 0. The van der Waals surface area contributed by atoms with Crippen molar-refractivity contribution in [1.29, 1.82) is 0 Å². The summed E-state index contributed by atoms with van der Waals surface area (Å²) in [7, 11) is 0. The predicted octanol–water partition coefficient (Wildman–Crippen LogP) is -4.14.